The fourth-order valence-corrected chi connectivity index (χ4v) is 3.41. The monoisotopic (exact) mass is 407 g/mol. The van der Waals surface area contributed by atoms with Gasteiger partial charge in [0.25, 0.3) is 10.0 Å². The molecule has 2 aromatic carbocycles. The highest BCUT2D eigenvalue weighted by Gasteiger charge is 2.16. The molecular formula is C19H18ClNO5S. The number of carbonyl (C=O) groups is 1. The van der Waals surface area contributed by atoms with Gasteiger partial charge in [0.1, 0.15) is 5.75 Å². The molecule has 0 amide bonds. The molecule has 6 nitrogen and oxygen atoms in total. The molecule has 27 heavy (non-hydrogen) atoms. The minimum atomic E-state index is -3.81. The number of hydrogen-bond donors (Lipinski definition) is 2. The van der Waals surface area contributed by atoms with Crippen LogP contribution in [0.15, 0.2) is 47.4 Å². The zero-order valence-electron chi connectivity index (χ0n) is 14.5. The second-order valence-corrected chi connectivity index (χ2v) is 7.64. The van der Waals surface area contributed by atoms with Crippen LogP contribution in [0, 0.1) is 11.8 Å². The van der Waals surface area contributed by atoms with E-state index in [0.29, 0.717) is 34.9 Å². The lowest BCUT2D eigenvalue weighted by Gasteiger charge is -2.11. The van der Waals surface area contributed by atoms with Crippen LogP contribution in [-0.2, 0) is 14.8 Å². The number of anilines is 1. The molecule has 0 saturated heterocycles. The number of benzene rings is 2. The van der Waals surface area contributed by atoms with Crippen molar-refractivity contribution in [3.05, 3.63) is 53.1 Å². The van der Waals surface area contributed by atoms with Crippen LogP contribution in [0.2, 0.25) is 5.02 Å². The topological polar surface area (TPSA) is 92.7 Å². The van der Waals surface area contributed by atoms with Crippen molar-refractivity contribution in [3.8, 4) is 17.6 Å². The van der Waals surface area contributed by atoms with E-state index < -0.39 is 16.0 Å². The summed E-state index contributed by atoms with van der Waals surface area (Å²) in [6, 6.07) is 10.6. The van der Waals surface area contributed by atoms with Gasteiger partial charge in [-0.25, -0.2) is 8.42 Å². The molecule has 2 rings (SSSR count). The van der Waals surface area contributed by atoms with Gasteiger partial charge in [-0.2, -0.15) is 0 Å². The number of sulfonamides is 1. The Labute approximate surface area is 163 Å². The van der Waals surface area contributed by atoms with Gasteiger partial charge in [0.2, 0.25) is 0 Å². The Hall–Kier alpha value is -2.69. The van der Waals surface area contributed by atoms with Crippen molar-refractivity contribution in [1.82, 2.24) is 0 Å². The molecule has 0 heterocycles. The third kappa shape index (κ3) is 6.20. The summed E-state index contributed by atoms with van der Waals surface area (Å²) in [5, 5.41) is 9.04. The fraction of sp³-hybridized carbons (Fsp3) is 0.211. The van der Waals surface area contributed by atoms with Gasteiger partial charge in [0, 0.05) is 17.9 Å². The van der Waals surface area contributed by atoms with Gasteiger partial charge in [0.05, 0.1) is 23.3 Å². The first kappa shape index (κ1) is 20.6. The quantitative estimate of drug-likeness (QED) is 0.538. The molecule has 0 aliphatic heterocycles. The Kier molecular flexibility index (Phi) is 7.11. The van der Waals surface area contributed by atoms with Crippen molar-refractivity contribution in [2.75, 3.05) is 11.8 Å². The van der Waals surface area contributed by atoms with Crippen LogP contribution in [-0.4, -0.2) is 26.6 Å². The predicted molar refractivity (Wildman–Crippen MR) is 104 cm³/mol. The number of aliphatic carboxylic acids is 1. The maximum Gasteiger partial charge on any atom is 0.303 e. The Morgan fingerprint density at radius 2 is 1.93 bits per heavy atom. The molecule has 0 atom stereocenters. The number of hydrogen-bond acceptors (Lipinski definition) is 4. The molecule has 0 aliphatic carbocycles. The summed E-state index contributed by atoms with van der Waals surface area (Å²) in [4.78, 5) is 10.6. The Morgan fingerprint density at radius 1 is 1.22 bits per heavy atom. The second-order valence-electron chi connectivity index (χ2n) is 5.52. The minimum Gasteiger partial charge on any atom is -0.497 e. The van der Waals surface area contributed by atoms with Gasteiger partial charge in [0.15, 0.2) is 0 Å². The highest BCUT2D eigenvalue weighted by molar-refractivity contribution is 7.92. The van der Waals surface area contributed by atoms with Crippen LogP contribution in [0.25, 0.3) is 0 Å². The SMILES string of the molecule is COc1ccc(S(=O)(=O)Nc2ccc(Cl)cc2C#CCCCC(=O)O)cc1. The Balaban J connectivity index is 2.22. The minimum absolute atomic E-state index is 0.0290. The molecule has 8 heteroatoms. The lowest BCUT2D eigenvalue weighted by Crippen LogP contribution is -2.13. The first-order valence-electron chi connectivity index (χ1n) is 7.99. The van der Waals surface area contributed by atoms with Crippen molar-refractivity contribution in [2.45, 2.75) is 24.2 Å². The van der Waals surface area contributed by atoms with Crippen molar-refractivity contribution in [3.63, 3.8) is 0 Å². The summed E-state index contributed by atoms with van der Waals surface area (Å²) < 4.78 is 32.7. The van der Waals surface area contributed by atoms with Gasteiger partial charge in [-0.15, -0.1) is 0 Å². The van der Waals surface area contributed by atoms with Crippen LogP contribution in [0.3, 0.4) is 0 Å². The zero-order valence-corrected chi connectivity index (χ0v) is 16.1. The average Bonchev–Trinajstić information content (AvgIpc) is 2.63. The normalized spacial score (nSPS) is 10.6. The van der Waals surface area contributed by atoms with Crippen molar-refractivity contribution in [2.24, 2.45) is 0 Å². The molecule has 0 fully saturated rings. The number of ether oxygens (including phenoxy) is 1. The predicted octanol–water partition coefficient (Wildman–Crippen LogP) is 3.76. The summed E-state index contributed by atoms with van der Waals surface area (Å²) in [6.45, 7) is 0. The van der Waals surface area contributed by atoms with Crippen molar-refractivity contribution < 1.29 is 23.1 Å². The van der Waals surface area contributed by atoms with Gasteiger partial charge in [-0.3, -0.25) is 9.52 Å². The van der Waals surface area contributed by atoms with E-state index >= 15 is 0 Å². The standard InChI is InChI=1S/C19H18ClNO5S/c1-26-16-8-10-17(11-9-16)27(24,25)21-18-12-7-15(20)13-14(18)5-3-2-4-6-19(22)23/h7-13,21H,2,4,6H2,1H3,(H,22,23). The van der Waals surface area contributed by atoms with E-state index in [9.17, 15) is 13.2 Å². The maximum absolute atomic E-state index is 12.6. The molecule has 2 N–H and O–H groups in total. The summed E-state index contributed by atoms with van der Waals surface area (Å²) in [6.07, 6.45) is 0.820. The number of nitrogens with one attached hydrogen (secondary N) is 1. The van der Waals surface area contributed by atoms with E-state index in [1.165, 1.54) is 25.3 Å². The van der Waals surface area contributed by atoms with Gasteiger partial charge in [-0.05, 0) is 48.9 Å². The lowest BCUT2D eigenvalue weighted by molar-refractivity contribution is -0.137. The number of carboxylic acid groups (broad SMARTS) is 1. The lowest BCUT2D eigenvalue weighted by atomic mass is 10.1. The molecule has 0 aliphatic rings. The van der Waals surface area contributed by atoms with E-state index in [2.05, 4.69) is 16.6 Å². The summed E-state index contributed by atoms with van der Waals surface area (Å²) in [7, 11) is -2.32. The van der Waals surface area contributed by atoms with Crippen LogP contribution < -0.4 is 9.46 Å². The molecule has 0 aromatic heterocycles. The third-order valence-corrected chi connectivity index (χ3v) is 5.13. The summed E-state index contributed by atoms with van der Waals surface area (Å²) in [5.74, 6) is 5.36. The fourth-order valence-electron chi connectivity index (χ4n) is 2.15. The Bertz CT molecular complexity index is 975. The molecule has 0 spiro atoms. The van der Waals surface area contributed by atoms with Crippen LogP contribution in [0.1, 0.15) is 24.8 Å². The Morgan fingerprint density at radius 3 is 2.56 bits per heavy atom. The third-order valence-electron chi connectivity index (χ3n) is 3.51. The number of halogens is 1. The molecule has 2 aromatic rings. The smallest absolute Gasteiger partial charge is 0.303 e. The first-order valence-corrected chi connectivity index (χ1v) is 9.85. The van der Waals surface area contributed by atoms with E-state index in [1.807, 2.05) is 0 Å². The second kappa shape index (κ2) is 9.31. The van der Waals surface area contributed by atoms with E-state index in [0.717, 1.165) is 0 Å². The number of carboxylic acids is 1. The zero-order chi connectivity index (χ0) is 19.9. The van der Waals surface area contributed by atoms with Crippen LogP contribution in [0.4, 0.5) is 5.69 Å². The number of unbranched alkanes of at least 4 members (excludes halogenated alkanes) is 1. The largest absolute Gasteiger partial charge is 0.497 e. The summed E-state index contributed by atoms with van der Waals surface area (Å²) >= 11 is 5.98. The van der Waals surface area contributed by atoms with Crippen molar-refractivity contribution >= 4 is 33.3 Å². The molecule has 0 unspecified atom stereocenters. The van der Waals surface area contributed by atoms with Crippen LogP contribution >= 0.6 is 11.6 Å². The van der Waals surface area contributed by atoms with E-state index in [1.54, 1.807) is 24.3 Å². The highest BCUT2D eigenvalue weighted by Crippen LogP contribution is 2.24. The molecule has 0 radical (unpaired) electrons. The molecule has 142 valence electrons. The molecule has 0 bridgehead atoms. The van der Waals surface area contributed by atoms with Gasteiger partial charge >= 0.3 is 5.97 Å². The average molecular weight is 408 g/mol. The highest BCUT2D eigenvalue weighted by atomic mass is 35.5. The van der Waals surface area contributed by atoms with Gasteiger partial charge in [-0.1, -0.05) is 23.4 Å². The number of methoxy groups -OCH3 is 1. The van der Waals surface area contributed by atoms with E-state index in [-0.39, 0.29) is 11.3 Å². The maximum atomic E-state index is 12.6. The molecular weight excluding hydrogens is 390 g/mol. The first-order chi connectivity index (χ1) is 12.8. The van der Waals surface area contributed by atoms with Crippen LogP contribution in [0.5, 0.6) is 5.75 Å². The van der Waals surface area contributed by atoms with E-state index in [4.69, 9.17) is 21.4 Å². The summed E-state index contributed by atoms with van der Waals surface area (Å²) in [5.41, 5.74) is 0.705. The molecule has 0 saturated carbocycles. The van der Waals surface area contributed by atoms with Gasteiger partial charge < -0.3 is 9.84 Å². The number of rotatable bonds is 7. The van der Waals surface area contributed by atoms with Crippen molar-refractivity contribution in [1.29, 1.82) is 0 Å².